The van der Waals surface area contributed by atoms with Crippen LogP contribution in [0.1, 0.15) is 38.8 Å². The number of imidazole rings is 1. The lowest BCUT2D eigenvalue weighted by Gasteiger charge is -2.51. The summed E-state index contributed by atoms with van der Waals surface area (Å²) in [5.74, 6) is 0.349. The maximum Gasteiger partial charge on any atom is 0.127 e. The fraction of sp³-hybridized carbons (Fsp3) is 0.400. The number of alkyl halides is 1. The fourth-order valence-electron chi connectivity index (χ4n) is 5.53. The Kier molecular flexibility index (Phi) is 5.08. The van der Waals surface area contributed by atoms with Crippen LogP contribution in [0.25, 0.3) is 22.5 Å². The summed E-state index contributed by atoms with van der Waals surface area (Å²) in [4.78, 5) is 13.1. The molecule has 3 aromatic rings. The SMILES string of the molecule is C=C(c1cnc(-c2ccc(-n3ccnc3)cc2O)cn1)[C@H]1C[C@]2(C)C[C@@H](C)CC(N2)[C@@H]1F. The number of phenolic OH excluding ortho intramolecular Hbond substituents is 1. The Morgan fingerprint density at radius 2 is 2.12 bits per heavy atom. The smallest absolute Gasteiger partial charge is 0.127 e. The zero-order valence-electron chi connectivity index (χ0n) is 18.4. The first kappa shape index (κ1) is 20.8. The number of hydrogen-bond acceptors (Lipinski definition) is 5. The maximum atomic E-state index is 15.3. The van der Waals surface area contributed by atoms with Crippen LogP contribution >= 0.6 is 0 Å². The van der Waals surface area contributed by atoms with Gasteiger partial charge in [-0.2, -0.15) is 0 Å². The number of piperidine rings is 2. The topological polar surface area (TPSA) is 75.9 Å². The number of halogens is 1. The molecule has 1 unspecified atom stereocenters. The number of hydrogen-bond donors (Lipinski definition) is 2. The van der Waals surface area contributed by atoms with Gasteiger partial charge in [0.05, 0.1) is 35.8 Å². The number of aromatic hydroxyl groups is 1. The lowest BCUT2D eigenvalue weighted by atomic mass is 9.66. The summed E-state index contributed by atoms with van der Waals surface area (Å²) in [5, 5.41) is 14.0. The molecule has 2 saturated heterocycles. The molecule has 2 aliphatic heterocycles. The lowest BCUT2D eigenvalue weighted by molar-refractivity contribution is 0.0313. The molecule has 0 spiro atoms. The highest BCUT2D eigenvalue weighted by molar-refractivity contribution is 5.69. The second kappa shape index (κ2) is 7.81. The van der Waals surface area contributed by atoms with Gasteiger partial charge in [0.2, 0.25) is 0 Å². The largest absolute Gasteiger partial charge is 0.507 e. The Balaban J connectivity index is 1.36. The number of nitrogens with one attached hydrogen (secondary N) is 1. The predicted octanol–water partition coefficient (Wildman–Crippen LogP) is 4.55. The minimum Gasteiger partial charge on any atom is -0.507 e. The Labute approximate surface area is 187 Å². The van der Waals surface area contributed by atoms with E-state index in [-0.39, 0.29) is 23.2 Å². The molecule has 7 heteroatoms. The molecule has 6 nitrogen and oxygen atoms in total. The molecule has 4 heterocycles. The summed E-state index contributed by atoms with van der Waals surface area (Å²) >= 11 is 0. The van der Waals surface area contributed by atoms with Crippen molar-refractivity contribution in [2.75, 3.05) is 0 Å². The average molecular weight is 434 g/mol. The van der Waals surface area contributed by atoms with Crippen molar-refractivity contribution in [3.63, 3.8) is 0 Å². The normalized spacial score (nSPS) is 29.6. The van der Waals surface area contributed by atoms with Gasteiger partial charge in [0.1, 0.15) is 11.9 Å². The van der Waals surface area contributed by atoms with Gasteiger partial charge in [-0.25, -0.2) is 9.37 Å². The minimum atomic E-state index is -0.987. The number of allylic oxidation sites excluding steroid dienone is 1. The highest BCUT2D eigenvalue weighted by Gasteiger charge is 2.48. The number of fused-ring (bicyclic) bond motifs is 2. The van der Waals surface area contributed by atoms with E-state index in [1.165, 1.54) is 0 Å². The molecule has 2 aliphatic rings. The molecule has 0 amide bonds. The predicted molar refractivity (Wildman–Crippen MR) is 122 cm³/mol. The number of nitrogens with zero attached hydrogens (tertiary/aromatic N) is 4. The molecule has 0 radical (unpaired) electrons. The molecule has 2 bridgehead atoms. The standard InChI is InChI=1S/C25H28FN5O/c1-15-8-20-24(26)19(11-25(3,10-15)30-20)16(2)21-12-29-22(13-28-21)18-5-4-17(9-23(18)32)31-7-6-27-14-31/h4-7,9,12-15,19-20,24,30,32H,2,8,10-11H2,1,3H3/t15-,19+,20?,24+,25-/m0/s1. The summed E-state index contributed by atoms with van der Waals surface area (Å²) in [6.45, 7) is 8.60. The van der Waals surface area contributed by atoms with Crippen LogP contribution in [0.3, 0.4) is 0 Å². The summed E-state index contributed by atoms with van der Waals surface area (Å²) in [7, 11) is 0. The monoisotopic (exact) mass is 433 g/mol. The van der Waals surface area contributed by atoms with Crippen molar-refractivity contribution in [1.82, 2.24) is 24.8 Å². The highest BCUT2D eigenvalue weighted by atomic mass is 19.1. The molecule has 2 fully saturated rings. The van der Waals surface area contributed by atoms with Gasteiger partial charge in [0, 0.05) is 41.5 Å². The third-order valence-electron chi connectivity index (χ3n) is 6.92. The Hall–Kier alpha value is -3.06. The van der Waals surface area contributed by atoms with Crippen LogP contribution in [0.5, 0.6) is 5.75 Å². The molecule has 166 valence electrons. The summed E-state index contributed by atoms with van der Waals surface area (Å²) in [6, 6.07) is 5.21. The van der Waals surface area contributed by atoms with E-state index in [0.29, 0.717) is 34.9 Å². The van der Waals surface area contributed by atoms with Crippen molar-refractivity contribution < 1.29 is 9.50 Å². The molecule has 0 saturated carbocycles. The van der Waals surface area contributed by atoms with E-state index in [2.05, 4.69) is 40.7 Å². The second-order valence-electron chi connectivity index (χ2n) is 9.60. The molecular weight excluding hydrogens is 405 g/mol. The zero-order valence-corrected chi connectivity index (χ0v) is 18.4. The average Bonchev–Trinajstić information content (AvgIpc) is 3.30. The van der Waals surface area contributed by atoms with Gasteiger partial charge in [-0.05, 0) is 49.8 Å². The molecular formula is C25H28FN5O. The number of aromatic nitrogens is 4. The van der Waals surface area contributed by atoms with Crippen molar-refractivity contribution in [2.24, 2.45) is 11.8 Å². The van der Waals surface area contributed by atoms with Crippen molar-refractivity contribution >= 4 is 5.57 Å². The van der Waals surface area contributed by atoms with E-state index >= 15 is 4.39 Å². The van der Waals surface area contributed by atoms with Crippen molar-refractivity contribution in [2.45, 2.75) is 50.9 Å². The summed E-state index contributed by atoms with van der Waals surface area (Å²) < 4.78 is 17.2. The molecule has 5 rings (SSSR count). The Morgan fingerprint density at radius 3 is 2.81 bits per heavy atom. The van der Waals surface area contributed by atoms with E-state index in [1.807, 2.05) is 16.8 Å². The number of rotatable bonds is 4. The third-order valence-corrected chi connectivity index (χ3v) is 6.92. The zero-order chi connectivity index (χ0) is 22.5. The van der Waals surface area contributed by atoms with Gasteiger partial charge in [-0.1, -0.05) is 13.5 Å². The highest BCUT2D eigenvalue weighted by Crippen LogP contribution is 2.44. The second-order valence-corrected chi connectivity index (χ2v) is 9.60. The first-order valence-electron chi connectivity index (χ1n) is 11.1. The molecule has 5 atom stereocenters. The van der Waals surface area contributed by atoms with Crippen molar-refractivity contribution in [1.29, 1.82) is 0 Å². The fourth-order valence-corrected chi connectivity index (χ4v) is 5.53. The molecule has 32 heavy (non-hydrogen) atoms. The van der Waals surface area contributed by atoms with Gasteiger partial charge in [0.15, 0.2) is 0 Å². The molecule has 2 aromatic heterocycles. The number of benzene rings is 1. The van der Waals surface area contributed by atoms with E-state index in [0.717, 1.165) is 18.5 Å². The van der Waals surface area contributed by atoms with E-state index in [9.17, 15) is 5.11 Å². The van der Waals surface area contributed by atoms with Gasteiger partial charge in [-0.15, -0.1) is 0 Å². The van der Waals surface area contributed by atoms with Crippen LogP contribution in [0, 0.1) is 11.8 Å². The minimum absolute atomic E-state index is 0.0747. The Bertz CT molecular complexity index is 1130. The summed E-state index contributed by atoms with van der Waals surface area (Å²) in [5.41, 5.74) is 3.16. The number of phenols is 1. The summed E-state index contributed by atoms with van der Waals surface area (Å²) in [6.07, 6.45) is 10.0. The molecule has 2 N–H and O–H groups in total. The van der Waals surface area contributed by atoms with Crippen LogP contribution in [-0.2, 0) is 0 Å². The first-order chi connectivity index (χ1) is 15.3. The van der Waals surface area contributed by atoms with E-state index in [1.54, 1.807) is 37.1 Å². The van der Waals surface area contributed by atoms with Crippen molar-refractivity contribution in [3.8, 4) is 22.7 Å². The lowest BCUT2D eigenvalue weighted by Crippen LogP contribution is -2.63. The van der Waals surface area contributed by atoms with Gasteiger partial charge in [0.25, 0.3) is 0 Å². The van der Waals surface area contributed by atoms with E-state index < -0.39 is 6.17 Å². The van der Waals surface area contributed by atoms with Crippen LogP contribution < -0.4 is 5.32 Å². The molecule has 0 aliphatic carbocycles. The maximum absolute atomic E-state index is 15.3. The van der Waals surface area contributed by atoms with Crippen LogP contribution in [0.4, 0.5) is 4.39 Å². The quantitative estimate of drug-likeness (QED) is 0.631. The first-order valence-corrected chi connectivity index (χ1v) is 11.1. The van der Waals surface area contributed by atoms with Crippen LogP contribution in [-0.4, -0.2) is 42.4 Å². The van der Waals surface area contributed by atoms with Crippen molar-refractivity contribution in [3.05, 3.63) is 61.6 Å². The Morgan fingerprint density at radius 1 is 1.28 bits per heavy atom. The van der Waals surface area contributed by atoms with Gasteiger partial charge >= 0.3 is 0 Å². The third kappa shape index (κ3) is 3.71. The van der Waals surface area contributed by atoms with Crippen LogP contribution in [0.15, 0.2) is 55.9 Å². The van der Waals surface area contributed by atoms with Gasteiger partial charge < -0.3 is 15.0 Å². The molecule has 1 aromatic carbocycles. The van der Waals surface area contributed by atoms with E-state index in [4.69, 9.17) is 0 Å². The van der Waals surface area contributed by atoms with Gasteiger partial charge in [-0.3, -0.25) is 9.97 Å². The van der Waals surface area contributed by atoms with Crippen LogP contribution in [0.2, 0.25) is 0 Å².